The number of epoxide rings is 1. The molecule has 1 unspecified atom stereocenters. The van der Waals surface area contributed by atoms with Gasteiger partial charge in [0.25, 0.3) is 0 Å². The van der Waals surface area contributed by atoms with E-state index in [0.717, 1.165) is 6.61 Å². The average molecular weight is 228 g/mol. The van der Waals surface area contributed by atoms with E-state index in [9.17, 15) is 4.79 Å². The highest BCUT2D eigenvalue weighted by molar-refractivity contribution is 14.1. The van der Waals surface area contributed by atoms with Crippen LogP contribution in [0.4, 0.5) is 4.79 Å². The Morgan fingerprint density at radius 2 is 2.62 bits per heavy atom. The van der Waals surface area contributed by atoms with Crippen LogP contribution in [0.15, 0.2) is 0 Å². The first-order chi connectivity index (χ1) is 3.79. The van der Waals surface area contributed by atoms with Crippen LogP contribution in [0, 0.1) is 0 Å². The molecule has 1 aliphatic heterocycles. The summed E-state index contributed by atoms with van der Waals surface area (Å²) in [5.74, 6) is 0. The predicted octanol–water partition coefficient (Wildman–Crippen LogP) is 0.957. The largest absolute Gasteiger partial charge is 0.455 e. The molecule has 0 aromatic carbocycles. The average Bonchev–Trinajstić information content (AvgIpc) is 2.41. The molecule has 0 N–H and O–H groups in total. The van der Waals surface area contributed by atoms with E-state index < -0.39 is 0 Å². The molecule has 0 spiro atoms. The van der Waals surface area contributed by atoms with Crippen molar-refractivity contribution in [3.05, 3.63) is 0 Å². The van der Waals surface area contributed by atoms with Crippen LogP contribution in [0.5, 0.6) is 0 Å². The Kier molecular flexibility index (Phi) is 2.07. The fourth-order valence-electron chi connectivity index (χ4n) is 0.323. The van der Waals surface area contributed by atoms with E-state index in [1.807, 2.05) is 0 Å². The van der Waals surface area contributed by atoms with Crippen LogP contribution >= 0.6 is 22.6 Å². The van der Waals surface area contributed by atoms with Crippen LogP contribution in [-0.4, -0.2) is 23.3 Å². The first-order valence-electron chi connectivity index (χ1n) is 2.23. The Hall–Kier alpha value is 0.160. The molecule has 0 bridgehead atoms. The Balaban J connectivity index is 1.95. The molecule has 0 amide bonds. The zero-order chi connectivity index (χ0) is 5.98. The summed E-state index contributed by atoms with van der Waals surface area (Å²) in [4.78, 5) is 10.1. The summed E-state index contributed by atoms with van der Waals surface area (Å²) >= 11 is 1.59. The number of ether oxygens (including phenoxy) is 2. The quantitative estimate of drug-likeness (QED) is 0.401. The highest BCUT2D eigenvalue weighted by Crippen LogP contribution is 2.09. The van der Waals surface area contributed by atoms with Gasteiger partial charge in [-0.25, -0.2) is 4.79 Å². The van der Waals surface area contributed by atoms with Gasteiger partial charge >= 0.3 is 3.98 Å². The minimum Gasteiger partial charge on any atom is -0.455 e. The number of carbonyl (C=O) groups is 1. The maximum atomic E-state index is 10.1. The molecule has 46 valence electrons. The molecule has 0 aliphatic carbocycles. The van der Waals surface area contributed by atoms with Crippen LogP contribution in [0.1, 0.15) is 0 Å². The third-order valence-corrected chi connectivity index (χ3v) is 1.10. The normalized spacial score (nSPS) is 24.9. The smallest absolute Gasteiger partial charge is 0.367 e. The molecule has 0 radical (unpaired) electrons. The third-order valence-electron chi connectivity index (χ3n) is 0.785. The van der Waals surface area contributed by atoms with Gasteiger partial charge in [0.15, 0.2) is 0 Å². The standard InChI is InChI=1S/C4H5IO3/c5-4(6)8-2-3-1-7-3/h3H,1-2H2. The van der Waals surface area contributed by atoms with Crippen molar-refractivity contribution in [2.24, 2.45) is 0 Å². The zero-order valence-electron chi connectivity index (χ0n) is 4.09. The molecule has 0 aromatic heterocycles. The molecule has 1 rings (SSSR count). The lowest BCUT2D eigenvalue weighted by Gasteiger charge is -1.92. The number of hydrogen-bond donors (Lipinski definition) is 0. The van der Waals surface area contributed by atoms with E-state index >= 15 is 0 Å². The SMILES string of the molecule is O=C(I)OCC1CO1. The fourth-order valence-corrected chi connectivity index (χ4v) is 0.503. The second-order valence-electron chi connectivity index (χ2n) is 1.50. The Morgan fingerprint density at radius 3 is 3.00 bits per heavy atom. The summed E-state index contributed by atoms with van der Waals surface area (Å²) in [6, 6.07) is 0. The summed E-state index contributed by atoms with van der Waals surface area (Å²) in [7, 11) is 0. The molecule has 8 heavy (non-hydrogen) atoms. The van der Waals surface area contributed by atoms with E-state index in [-0.39, 0.29) is 10.1 Å². The Morgan fingerprint density at radius 1 is 2.00 bits per heavy atom. The molecule has 0 aromatic rings. The summed E-state index contributed by atoms with van der Waals surface area (Å²) in [5, 5.41) is 0. The lowest BCUT2D eigenvalue weighted by Crippen LogP contribution is -2.01. The molecule has 1 aliphatic rings. The van der Waals surface area contributed by atoms with Crippen LogP contribution < -0.4 is 0 Å². The summed E-state index contributed by atoms with van der Waals surface area (Å²) in [6.07, 6.45) is 0.189. The van der Waals surface area contributed by atoms with Crippen LogP contribution in [0.3, 0.4) is 0 Å². The molecule has 1 saturated heterocycles. The number of carbonyl (C=O) groups excluding carboxylic acids is 1. The topological polar surface area (TPSA) is 38.8 Å². The van der Waals surface area contributed by atoms with E-state index in [4.69, 9.17) is 4.74 Å². The van der Waals surface area contributed by atoms with Crippen molar-refractivity contribution in [3.63, 3.8) is 0 Å². The van der Waals surface area contributed by atoms with Crippen molar-refractivity contribution >= 4 is 26.6 Å². The van der Waals surface area contributed by atoms with Gasteiger partial charge in [-0.05, 0) is 0 Å². The van der Waals surface area contributed by atoms with Crippen molar-refractivity contribution in [1.29, 1.82) is 0 Å². The van der Waals surface area contributed by atoms with Crippen molar-refractivity contribution in [3.8, 4) is 0 Å². The summed E-state index contributed by atoms with van der Waals surface area (Å²) in [5.41, 5.74) is 0. The van der Waals surface area contributed by atoms with Crippen molar-refractivity contribution in [1.82, 2.24) is 0 Å². The zero-order valence-corrected chi connectivity index (χ0v) is 6.25. The van der Waals surface area contributed by atoms with Gasteiger partial charge in [0.2, 0.25) is 0 Å². The van der Waals surface area contributed by atoms with Gasteiger partial charge in [-0.1, -0.05) is 0 Å². The highest BCUT2D eigenvalue weighted by Gasteiger charge is 2.23. The van der Waals surface area contributed by atoms with Crippen LogP contribution in [-0.2, 0) is 9.47 Å². The Labute approximate surface area is 60.5 Å². The molecule has 1 atom stereocenters. The molecular formula is C4H5IO3. The molecule has 1 fully saturated rings. The molecule has 3 nitrogen and oxygen atoms in total. The minimum absolute atomic E-state index is 0.189. The van der Waals surface area contributed by atoms with E-state index in [2.05, 4.69) is 4.74 Å². The second-order valence-corrected chi connectivity index (χ2v) is 2.38. The Bertz CT molecular complexity index is 99.5. The van der Waals surface area contributed by atoms with Gasteiger partial charge in [-0.15, -0.1) is 0 Å². The van der Waals surface area contributed by atoms with E-state index in [1.165, 1.54) is 0 Å². The van der Waals surface area contributed by atoms with Gasteiger partial charge in [-0.3, -0.25) is 0 Å². The monoisotopic (exact) mass is 228 g/mol. The van der Waals surface area contributed by atoms with Crippen molar-refractivity contribution in [2.75, 3.05) is 13.2 Å². The first-order valence-corrected chi connectivity index (χ1v) is 3.31. The lowest BCUT2D eigenvalue weighted by molar-refractivity contribution is 0.166. The van der Waals surface area contributed by atoms with E-state index in [1.54, 1.807) is 22.6 Å². The van der Waals surface area contributed by atoms with Crippen molar-refractivity contribution < 1.29 is 14.3 Å². The van der Waals surface area contributed by atoms with Crippen LogP contribution in [0.25, 0.3) is 0 Å². The molecule has 0 saturated carbocycles. The second kappa shape index (κ2) is 2.63. The third kappa shape index (κ3) is 2.46. The molecule has 4 heteroatoms. The summed E-state index contributed by atoms with van der Waals surface area (Å²) in [6.45, 7) is 1.16. The molecular weight excluding hydrogens is 223 g/mol. The number of rotatable bonds is 2. The predicted molar refractivity (Wildman–Crippen MR) is 35.1 cm³/mol. The molecule has 1 heterocycles. The van der Waals surface area contributed by atoms with Crippen molar-refractivity contribution in [2.45, 2.75) is 6.10 Å². The fraction of sp³-hybridized carbons (Fsp3) is 0.750. The minimum atomic E-state index is -0.266. The van der Waals surface area contributed by atoms with Gasteiger partial charge in [0.1, 0.15) is 12.7 Å². The van der Waals surface area contributed by atoms with Crippen LogP contribution in [0.2, 0.25) is 0 Å². The van der Waals surface area contributed by atoms with Gasteiger partial charge in [-0.2, -0.15) is 0 Å². The summed E-state index contributed by atoms with van der Waals surface area (Å²) < 4.78 is 9.10. The van der Waals surface area contributed by atoms with Gasteiger partial charge < -0.3 is 9.47 Å². The van der Waals surface area contributed by atoms with Gasteiger partial charge in [0.05, 0.1) is 29.2 Å². The highest BCUT2D eigenvalue weighted by atomic mass is 127. The maximum absolute atomic E-state index is 10.1. The first kappa shape index (κ1) is 6.28. The maximum Gasteiger partial charge on any atom is 0.367 e. The number of halogens is 1. The van der Waals surface area contributed by atoms with Gasteiger partial charge in [0, 0.05) is 0 Å². The lowest BCUT2D eigenvalue weighted by atomic mass is 10.5. The number of hydrogen-bond acceptors (Lipinski definition) is 3. The van der Waals surface area contributed by atoms with E-state index in [0.29, 0.717) is 6.61 Å².